The van der Waals surface area contributed by atoms with Crippen LogP contribution in [0.4, 0.5) is 14.9 Å². The molecule has 0 aliphatic carbocycles. The summed E-state index contributed by atoms with van der Waals surface area (Å²) in [7, 11) is 0. The van der Waals surface area contributed by atoms with Crippen molar-refractivity contribution in [3.8, 4) is 5.69 Å². The highest BCUT2D eigenvalue weighted by molar-refractivity contribution is 5.89. The van der Waals surface area contributed by atoms with Crippen molar-refractivity contribution in [1.82, 2.24) is 15.1 Å². The van der Waals surface area contributed by atoms with Gasteiger partial charge in [0, 0.05) is 24.6 Å². The van der Waals surface area contributed by atoms with E-state index in [4.69, 9.17) is 0 Å². The molecule has 2 N–H and O–H groups in total. The minimum Gasteiger partial charge on any atom is -0.338 e. The third kappa shape index (κ3) is 3.98. The highest BCUT2D eigenvalue weighted by Gasteiger charge is 2.05. The fourth-order valence-electron chi connectivity index (χ4n) is 2.33. The predicted octanol–water partition coefficient (Wildman–Crippen LogP) is 3.38. The number of hydrogen-bond acceptors (Lipinski definition) is 2. The standard InChI is InChI=1S/C18H17FN4O/c19-17-8-2-1-5-14(17)9-11-20-18(24)22-15-6-3-7-16(13-15)23-12-4-10-21-23/h1-8,10,12-13H,9,11H2,(H2,20,22,24). The average Bonchev–Trinajstić information content (AvgIpc) is 3.11. The summed E-state index contributed by atoms with van der Waals surface area (Å²) >= 11 is 0. The quantitative estimate of drug-likeness (QED) is 0.756. The van der Waals surface area contributed by atoms with Gasteiger partial charge in [0.2, 0.25) is 0 Å². The van der Waals surface area contributed by atoms with E-state index in [1.54, 1.807) is 35.1 Å². The van der Waals surface area contributed by atoms with Crippen molar-refractivity contribution in [2.24, 2.45) is 0 Å². The number of rotatable bonds is 5. The lowest BCUT2D eigenvalue weighted by molar-refractivity contribution is 0.252. The van der Waals surface area contributed by atoms with Crippen molar-refractivity contribution < 1.29 is 9.18 Å². The number of carbonyl (C=O) groups excluding carboxylic acids is 1. The molecule has 5 nitrogen and oxygen atoms in total. The normalized spacial score (nSPS) is 10.4. The third-order valence-corrected chi connectivity index (χ3v) is 3.51. The van der Waals surface area contributed by atoms with Gasteiger partial charge in [0.1, 0.15) is 5.82 Å². The zero-order chi connectivity index (χ0) is 16.8. The summed E-state index contributed by atoms with van der Waals surface area (Å²) in [4.78, 5) is 11.9. The van der Waals surface area contributed by atoms with Crippen molar-refractivity contribution >= 4 is 11.7 Å². The van der Waals surface area contributed by atoms with Crippen LogP contribution in [-0.4, -0.2) is 22.4 Å². The van der Waals surface area contributed by atoms with E-state index in [0.717, 1.165) is 5.69 Å². The Hall–Kier alpha value is -3.15. The van der Waals surface area contributed by atoms with Crippen LogP contribution in [-0.2, 0) is 6.42 Å². The first-order valence-electron chi connectivity index (χ1n) is 7.61. The first-order valence-corrected chi connectivity index (χ1v) is 7.61. The average molecular weight is 324 g/mol. The van der Waals surface area contributed by atoms with Gasteiger partial charge in [-0.25, -0.2) is 13.9 Å². The Labute approximate surface area is 139 Å². The highest BCUT2D eigenvalue weighted by Crippen LogP contribution is 2.13. The molecule has 1 aromatic heterocycles. The van der Waals surface area contributed by atoms with Crippen molar-refractivity contribution in [1.29, 1.82) is 0 Å². The van der Waals surface area contributed by atoms with Gasteiger partial charge < -0.3 is 10.6 Å². The SMILES string of the molecule is O=C(NCCc1ccccc1F)Nc1cccc(-n2cccn2)c1. The van der Waals surface area contributed by atoms with E-state index in [0.29, 0.717) is 24.2 Å². The second kappa shape index (κ2) is 7.41. The maximum absolute atomic E-state index is 13.5. The number of halogens is 1. The van der Waals surface area contributed by atoms with Crippen molar-refractivity contribution in [3.63, 3.8) is 0 Å². The number of carbonyl (C=O) groups is 1. The summed E-state index contributed by atoms with van der Waals surface area (Å²) in [6.45, 7) is 0.353. The number of benzene rings is 2. The zero-order valence-corrected chi connectivity index (χ0v) is 12.9. The number of hydrogen-bond donors (Lipinski definition) is 2. The lowest BCUT2D eigenvalue weighted by atomic mass is 10.1. The molecule has 0 aliphatic rings. The van der Waals surface area contributed by atoms with Crippen LogP contribution >= 0.6 is 0 Å². The van der Waals surface area contributed by atoms with Gasteiger partial charge in [-0.15, -0.1) is 0 Å². The molecule has 6 heteroatoms. The molecule has 0 saturated carbocycles. The van der Waals surface area contributed by atoms with Crippen molar-refractivity contribution in [2.75, 3.05) is 11.9 Å². The lowest BCUT2D eigenvalue weighted by Crippen LogP contribution is -2.30. The summed E-state index contributed by atoms with van der Waals surface area (Å²) < 4.78 is 15.2. The van der Waals surface area contributed by atoms with Crippen LogP contribution in [0.25, 0.3) is 5.69 Å². The van der Waals surface area contributed by atoms with Gasteiger partial charge in [-0.3, -0.25) is 0 Å². The third-order valence-electron chi connectivity index (χ3n) is 3.51. The molecule has 0 aliphatic heterocycles. The summed E-state index contributed by atoms with van der Waals surface area (Å²) in [5.41, 5.74) is 2.09. The summed E-state index contributed by atoms with van der Waals surface area (Å²) in [5.74, 6) is -0.258. The first kappa shape index (κ1) is 15.7. The largest absolute Gasteiger partial charge is 0.338 e. The summed E-state index contributed by atoms with van der Waals surface area (Å²) in [6.07, 6.45) is 3.95. The Balaban J connectivity index is 1.54. The van der Waals surface area contributed by atoms with E-state index in [-0.39, 0.29) is 11.8 Å². The molecule has 122 valence electrons. The van der Waals surface area contributed by atoms with E-state index >= 15 is 0 Å². The molecule has 0 saturated heterocycles. The molecule has 24 heavy (non-hydrogen) atoms. The van der Waals surface area contributed by atoms with E-state index in [9.17, 15) is 9.18 Å². The van der Waals surface area contributed by atoms with Gasteiger partial charge in [0.25, 0.3) is 0 Å². The number of urea groups is 1. The van der Waals surface area contributed by atoms with E-state index < -0.39 is 0 Å². The molecule has 3 aromatic rings. The predicted molar refractivity (Wildman–Crippen MR) is 90.7 cm³/mol. The maximum Gasteiger partial charge on any atom is 0.319 e. The van der Waals surface area contributed by atoms with Crippen LogP contribution in [0.3, 0.4) is 0 Å². The van der Waals surface area contributed by atoms with E-state index in [1.807, 2.05) is 30.5 Å². The van der Waals surface area contributed by atoms with Gasteiger partial charge in [0.05, 0.1) is 5.69 Å². The molecule has 0 radical (unpaired) electrons. The fourth-order valence-corrected chi connectivity index (χ4v) is 2.33. The minimum atomic E-state index is -0.330. The van der Waals surface area contributed by atoms with Gasteiger partial charge in [0.15, 0.2) is 0 Å². The highest BCUT2D eigenvalue weighted by atomic mass is 19.1. The van der Waals surface area contributed by atoms with Gasteiger partial charge in [-0.2, -0.15) is 5.10 Å². The molecule has 0 spiro atoms. The Morgan fingerprint density at radius 2 is 2.00 bits per heavy atom. The van der Waals surface area contributed by atoms with Gasteiger partial charge in [-0.1, -0.05) is 24.3 Å². The molecule has 1 heterocycles. The topological polar surface area (TPSA) is 59.0 Å². The number of nitrogens with one attached hydrogen (secondary N) is 2. The van der Waals surface area contributed by atoms with Gasteiger partial charge in [-0.05, 0) is 42.3 Å². The molecular formula is C18H17FN4O. The monoisotopic (exact) mass is 324 g/mol. The van der Waals surface area contributed by atoms with Crippen molar-refractivity contribution in [2.45, 2.75) is 6.42 Å². The Morgan fingerprint density at radius 3 is 2.79 bits per heavy atom. The van der Waals surface area contributed by atoms with E-state index in [1.165, 1.54) is 6.07 Å². The molecule has 0 fully saturated rings. The molecule has 2 aromatic carbocycles. The molecule has 0 bridgehead atoms. The fraction of sp³-hybridized carbons (Fsp3) is 0.111. The molecule has 2 amide bonds. The molecule has 0 atom stereocenters. The number of aromatic nitrogens is 2. The Morgan fingerprint density at radius 1 is 1.12 bits per heavy atom. The van der Waals surface area contributed by atoms with E-state index in [2.05, 4.69) is 15.7 Å². The minimum absolute atomic E-state index is 0.258. The molecule has 0 unspecified atom stereocenters. The Kier molecular flexibility index (Phi) is 4.86. The van der Waals surface area contributed by atoms with Crippen LogP contribution in [0.15, 0.2) is 67.0 Å². The number of nitrogens with zero attached hydrogens (tertiary/aromatic N) is 2. The van der Waals surface area contributed by atoms with Gasteiger partial charge >= 0.3 is 6.03 Å². The maximum atomic E-state index is 13.5. The van der Waals surface area contributed by atoms with Crippen LogP contribution in [0.1, 0.15) is 5.56 Å². The van der Waals surface area contributed by atoms with Crippen molar-refractivity contribution in [3.05, 3.63) is 78.4 Å². The second-order valence-electron chi connectivity index (χ2n) is 5.22. The number of amides is 2. The molecule has 3 rings (SSSR count). The lowest BCUT2D eigenvalue weighted by Gasteiger charge is -2.09. The summed E-state index contributed by atoms with van der Waals surface area (Å²) in [5, 5.41) is 9.63. The smallest absolute Gasteiger partial charge is 0.319 e. The second-order valence-corrected chi connectivity index (χ2v) is 5.22. The van der Waals surface area contributed by atoms with Crippen LogP contribution < -0.4 is 10.6 Å². The zero-order valence-electron chi connectivity index (χ0n) is 12.9. The van der Waals surface area contributed by atoms with Crippen LogP contribution in [0, 0.1) is 5.82 Å². The molecular weight excluding hydrogens is 307 g/mol. The summed E-state index contributed by atoms with van der Waals surface area (Å²) in [6, 6.07) is 15.4. The van der Waals surface area contributed by atoms with Crippen LogP contribution in [0.2, 0.25) is 0 Å². The Bertz CT molecular complexity index is 817. The van der Waals surface area contributed by atoms with Crippen LogP contribution in [0.5, 0.6) is 0 Å². The first-order chi connectivity index (χ1) is 11.7. The number of anilines is 1.